The Balaban J connectivity index is 1.41. The van der Waals surface area contributed by atoms with Crippen molar-refractivity contribution in [2.45, 2.75) is 52.6 Å². The van der Waals surface area contributed by atoms with E-state index in [9.17, 15) is 28.6 Å². The standard InChI is InChI=1S/C30H33F2N3O4S/c1-16(26(37)38)30(27(39)40-15-31)9-8-21-20-6-4-18-10-22-17(13-34-35(22)19-5-7-24(32)33-14-19)11-28(18,2)25(20)23(36)12-29(21,30)3/h4-7,10,13-14,16,20-21,23,25,36H,8-9,11-12,15H2,1-3H3,(H,37,38)/t16?,20-,21-,23-,25+,28-,29-,30-/m0/s1. The average molecular weight is 570 g/mol. The molecule has 0 saturated heterocycles. The number of aromatic nitrogens is 3. The first-order valence-electron chi connectivity index (χ1n) is 13.7. The summed E-state index contributed by atoms with van der Waals surface area (Å²) in [5.74, 6) is -2.88. The molecule has 10 heteroatoms. The third-order valence-electron chi connectivity index (χ3n) is 10.9. The van der Waals surface area contributed by atoms with Crippen LogP contribution in [0.15, 0.2) is 42.3 Å². The molecule has 2 aromatic rings. The first-order chi connectivity index (χ1) is 19.0. The van der Waals surface area contributed by atoms with Crippen LogP contribution in [0, 0.1) is 45.9 Å². The van der Waals surface area contributed by atoms with E-state index in [-0.39, 0.29) is 24.2 Å². The molecule has 8 atom stereocenters. The van der Waals surface area contributed by atoms with Gasteiger partial charge >= 0.3 is 5.97 Å². The molecule has 2 saturated carbocycles. The van der Waals surface area contributed by atoms with Crippen LogP contribution in [0.4, 0.5) is 8.78 Å². The van der Waals surface area contributed by atoms with E-state index in [1.165, 1.54) is 12.3 Å². The number of halogens is 2. The third kappa shape index (κ3) is 3.57. The molecule has 0 aliphatic heterocycles. The van der Waals surface area contributed by atoms with Gasteiger partial charge in [-0.15, -0.1) is 0 Å². The van der Waals surface area contributed by atoms with Crippen molar-refractivity contribution < 1.29 is 28.6 Å². The lowest BCUT2D eigenvalue weighted by Crippen LogP contribution is -2.60. The normalized spacial score (nSPS) is 36.6. The molecule has 2 N–H and O–H groups in total. The number of carboxylic acid groups (broad SMARTS) is 1. The van der Waals surface area contributed by atoms with Gasteiger partial charge in [0.1, 0.15) is 6.01 Å². The summed E-state index contributed by atoms with van der Waals surface area (Å²) in [6.07, 6.45) is 10.7. The Morgan fingerprint density at radius 1 is 1.27 bits per heavy atom. The van der Waals surface area contributed by atoms with Crippen molar-refractivity contribution in [2.75, 3.05) is 6.01 Å². The number of alkyl halides is 1. The molecule has 0 spiro atoms. The smallest absolute Gasteiger partial charge is 0.307 e. The molecule has 212 valence electrons. The summed E-state index contributed by atoms with van der Waals surface area (Å²) in [7, 11) is 0. The second-order valence-corrected chi connectivity index (χ2v) is 13.2. The molecular formula is C30H33F2N3O4S. The molecule has 40 heavy (non-hydrogen) atoms. The van der Waals surface area contributed by atoms with Gasteiger partial charge in [-0.05, 0) is 72.3 Å². The van der Waals surface area contributed by atoms with E-state index < -0.39 is 51.3 Å². The number of thioether (sulfide) groups is 1. The highest BCUT2D eigenvalue weighted by molar-refractivity contribution is 8.13. The predicted octanol–water partition coefficient (Wildman–Crippen LogP) is 5.23. The molecule has 4 aliphatic rings. The number of hydrogen-bond donors (Lipinski definition) is 2. The number of fused-ring (bicyclic) bond motifs is 6. The Bertz CT molecular complexity index is 1440. The van der Waals surface area contributed by atoms with Crippen LogP contribution in [0.5, 0.6) is 0 Å². The predicted molar refractivity (Wildman–Crippen MR) is 146 cm³/mol. The Hall–Kier alpha value is -2.85. The Morgan fingerprint density at radius 2 is 2.05 bits per heavy atom. The van der Waals surface area contributed by atoms with Crippen LogP contribution in [0.3, 0.4) is 0 Å². The van der Waals surface area contributed by atoms with Gasteiger partial charge in [-0.1, -0.05) is 44.7 Å². The van der Waals surface area contributed by atoms with Crippen LogP contribution in [0.2, 0.25) is 0 Å². The van der Waals surface area contributed by atoms with Gasteiger partial charge in [-0.3, -0.25) is 9.59 Å². The lowest BCUT2D eigenvalue weighted by molar-refractivity contribution is -0.167. The molecule has 0 radical (unpaired) electrons. The van der Waals surface area contributed by atoms with Crippen LogP contribution < -0.4 is 0 Å². The van der Waals surface area contributed by atoms with Crippen molar-refractivity contribution in [3.05, 3.63) is 59.5 Å². The highest BCUT2D eigenvalue weighted by Crippen LogP contribution is 2.71. The SMILES string of the molecule is CC(C(=O)O)[C@]1(C(=O)SCF)CC[C@H]2[C@@H]3C=CC4=Cc5c(cnn5-c5ccc(F)nc5)C[C@]4(C)[C@H]3[C@@H](O)C[C@@]21C. The fourth-order valence-electron chi connectivity index (χ4n) is 9.01. The van der Waals surface area contributed by atoms with Crippen molar-refractivity contribution in [2.24, 2.45) is 39.9 Å². The molecule has 0 bridgehead atoms. The van der Waals surface area contributed by atoms with E-state index in [0.717, 1.165) is 16.8 Å². The third-order valence-corrected chi connectivity index (χ3v) is 11.6. The Morgan fingerprint density at radius 3 is 2.73 bits per heavy atom. The summed E-state index contributed by atoms with van der Waals surface area (Å²) in [6, 6.07) is 2.03. The molecule has 1 unspecified atom stereocenters. The quantitative estimate of drug-likeness (QED) is 0.475. The first kappa shape index (κ1) is 27.3. The number of allylic oxidation sites excluding steroid dienone is 3. The topological polar surface area (TPSA) is 105 Å². The fraction of sp³-hybridized carbons (Fsp3) is 0.533. The second-order valence-electron chi connectivity index (χ2n) is 12.4. The molecule has 0 amide bonds. The van der Waals surface area contributed by atoms with Crippen LogP contribution in [0.1, 0.15) is 51.3 Å². The summed E-state index contributed by atoms with van der Waals surface area (Å²) in [5, 5.41) is 26.1. The van der Waals surface area contributed by atoms with Crippen molar-refractivity contribution in [3.8, 4) is 5.69 Å². The summed E-state index contributed by atoms with van der Waals surface area (Å²) in [6.45, 7) is 5.67. The zero-order valence-electron chi connectivity index (χ0n) is 22.7. The summed E-state index contributed by atoms with van der Waals surface area (Å²) < 4.78 is 28.6. The Labute approximate surface area is 235 Å². The summed E-state index contributed by atoms with van der Waals surface area (Å²) in [4.78, 5) is 29.6. The van der Waals surface area contributed by atoms with Crippen molar-refractivity contribution in [3.63, 3.8) is 0 Å². The number of carbonyl (C=O) groups is 2. The van der Waals surface area contributed by atoms with E-state index in [1.54, 1.807) is 17.7 Å². The second kappa shape index (κ2) is 9.34. The van der Waals surface area contributed by atoms with Gasteiger partial charge in [0.15, 0.2) is 5.12 Å². The van der Waals surface area contributed by atoms with Crippen molar-refractivity contribution >= 4 is 28.9 Å². The zero-order chi connectivity index (χ0) is 28.6. The maximum absolute atomic E-state index is 13.5. The number of carbonyl (C=O) groups excluding carboxylic acids is 1. The van der Waals surface area contributed by atoms with Gasteiger partial charge in [0.2, 0.25) is 5.95 Å². The molecule has 0 aromatic carbocycles. The largest absolute Gasteiger partial charge is 0.481 e. The summed E-state index contributed by atoms with van der Waals surface area (Å²) >= 11 is 0.557. The van der Waals surface area contributed by atoms with E-state index in [4.69, 9.17) is 0 Å². The average Bonchev–Trinajstić information content (AvgIpc) is 3.44. The number of aliphatic hydroxyl groups is 1. The highest BCUT2D eigenvalue weighted by Gasteiger charge is 2.70. The number of hydrogen-bond acceptors (Lipinski definition) is 6. The van der Waals surface area contributed by atoms with Crippen LogP contribution in [-0.2, 0) is 16.0 Å². The van der Waals surface area contributed by atoms with E-state index in [0.29, 0.717) is 36.7 Å². The minimum atomic E-state index is -1.26. The fourth-order valence-corrected chi connectivity index (χ4v) is 9.88. The van der Waals surface area contributed by atoms with E-state index >= 15 is 0 Å². The molecule has 2 heterocycles. The maximum atomic E-state index is 13.5. The number of rotatable bonds is 5. The van der Waals surface area contributed by atoms with Crippen LogP contribution in [-0.4, -0.2) is 48.2 Å². The number of nitrogens with zero attached hydrogens (tertiary/aromatic N) is 3. The van der Waals surface area contributed by atoms with Gasteiger partial charge in [0.05, 0.1) is 41.2 Å². The Kier molecular flexibility index (Phi) is 6.38. The molecule has 6 rings (SSSR count). The van der Waals surface area contributed by atoms with Gasteiger partial charge in [0.25, 0.3) is 0 Å². The van der Waals surface area contributed by atoms with Gasteiger partial charge in [-0.25, -0.2) is 14.1 Å². The minimum Gasteiger partial charge on any atom is -0.481 e. The number of aliphatic hydroxyl groups excluding tert-OH is 1. The van der Waals surface area contributed by atoms with Crippen LogP contribution in [0.25, 0.3) is 11.8 Å². The number of aliphatic carboxylic acids is 1. The van der Waals surface area contributed by atoms with Gasteiger partial charge in [-0.2, -0.15) is 9.49 Å². The van der Waals surface area contributed by atoms with Gasteiger partial charge < -0.3 is 10.2 Å². The summed E-state index contributed by atoms with van der Waals surface area (Å²) in [5.41, 5.74) is 1.15. The van der Waals surface area contributed by atoms with Crippen molar-refractivity contribution in [1.82, 2.24) is 14.8 Å². The van der Waals surface area contributed by atoms with E-state index in [1.807, 2.05) is 13.1 Å². The zero-order valence-corrected chi connectivity index (χ0v) is 23.5. The van der Waals surface area contributed by atoms with Crippen molar-refractivity contribution in [1.29, 1.82) is 0 Å². The lowest BCUT2D eigenvalue weighted by Gasteiger charge is -2.60. The number of pyridine rings is 1. The molecule has 4 aliphatic carbocycles. The van der Waals surface area contributed by atoms with Gasteiger partial charge in [0, 0.05) is 11.3 Å². The molecule has 2 fully saturated rings. The molecular weight excluding hydrogens is 536 g/mol. The minimum absolute atomic E-state index is 0.0316. The highest BCUT2D eigenvalue weighted by atomic mass is 32.2. The lowest BCUT2D eigenvalue weighted by atomic mass is 9.45. The monoisotopic (exact) mass is 569 g/mol. The first-order valence-corrected chi connectivity index (χ1v) is 14.7. The maximum Gasteiger partial charge on any atom is 0.307 e. The number of carboxylic acids is 1. The van der Waals surface area contributed by atoms with E-state index in [2.05, 4.69) is 35.2 Å². The molecule has 7 nitrogen and oxygen atoms in total. The van der Waals surface area contributed by atoms with Crippen LogP contribution >= 0.6 is 11.8 Å². The molecule has 2 aromatic heterocycles.